The first-order valence-corrected chi connectivity index (χ1v) is 9.50. The molecule has 6 nitrogen and oxygen atoms in total. The molecule has 4 aromatic rings. The molecule has 0 saturated heterocycles. The Morgan fingerprint density at radius 1 is 0.967 bits per heavy atom. The Balaban J connectivity index is 1.53. The molecule has 0 saturated carbocycles. The molecule has 0 fully saturated rings. The maximum absolute atomic E-state index is 12.2. The fourth-order valence-electron chi connectivity index (χ4n) is 3.13. The normalized spacial score (nSPS) is 10.7. The zero-order valence-corrected chi connectivity index (χ0v) is 16.4. The number of carbonyl (C=O) groups is 2. The van der Waals surface area contributed by atoms with Crippen LogP contribution >= 0.6 is 11.6 Å². The SMILES string of the molecule is O=C(Nc1cc(Cl)cc(-c2ccc3[nH]c(C(=O)O)cc3c2)c1)OCc1ccccc1. The number of carboxylic acid groups (broad SMARTS) is 1. The molecule has 0 atom stereocenters. The summed E-state index contributed by atoms with van der Waals surface area (Å²) in [6, 6.07) is 21.7. The summed E-state index contributed by atoms with van der Waals surface area (Å²) in [4.78, 5) is 26.2. The highest BCUT2D eigenvalue weighted by atomic mass is 35.5. The second-order valence-corrected chi connectivity index (χ2v) is 7.14. The van der Waals surface area contributed by atoms with E-state index in [1.165, 1.54) is 0 Å². The number of fused-ring (bicyclic) bond motifs is 1. The van der Waals surface area contributed by atoms with Gasteiger partial charge < -0.3 is 14.8 Å². The van der Waals surface area contributed by atoms with Gasteiger partial charge in [-0.15, -0.1) is 0 Å². The Kier molecular flexibility index (Phi) is 5.41. The van der Waals surface area contributed by atoms with Crippen LogP contribution in [0.2, 0.25) is 5.02 Å². The lowest BCUT2D eigenvalue weighted by Gasteiger charge is -2.10. The van der Waals surface area contributed by atoms with Crippen molar-refractivity contribution in [3.63, 3.8) is 0 Å². The molecular weight excluding hydrogens is 404 g/mol. The van der Waals surface area contributed by atoms with Crippen molar-refractivity contribution in [1.29, 1.82) is 0 Å². The van der Waals surface area contributed by atoms with Crippen molar-refractivity contribution in [3.05, 3.63) is 89.1 Å². The minimum absolute atomic E-state index is 0.122. The molecule has 0 bridgehead atoms. The molecule has 0 aliphatic heterocycles. The molecule has 1 aromatic heterocycles. The number of aromatic nitrogens is 1. The van der Waals surface area contributed by atoms with E-state index < -0.39 is 12.1 Å². The number of benzene rings is 3. The summed E-state index contributed by atoms with van der Waals surface area (Å²) in [6.45, 7) is 0.163. The molecule has 0 unspecified atom stereocenters. The van der Waals surface area contributed by atoms with Crippen LogP contribution in [0.5, 0.6) is 0 Å². The molecule has 4 rings (SSSR count). The van der Waals surface area contributed by atoms with E-state index in [1.54, 1.807) is 30.3 Å². The third-order valence-corrected chi connectivity index (χ3v) is 4.76. The average molecular weight is 421 g/mol. The van der Waals surface area contributed by atoms with Gasteiger partial charge >= 0.3 is 12.1 Å². The van der Waals surface area contributed by atoms with Crippen LogP contribution in [0.3, 0.4) is 0 Å². The summed E-state index contributed by atoms with van der Waals surface area (Å²) in [5.74, 6) is -1.02. The van der Waals surface area contributed by atoms with Crippen molar-refractivity contribution in [2.24, 2.45) is 0 Å². The van der Waals surface area contributed by atoms with Crippen LogP contribution < -0.4 is 5.32 Å². The van der Waals surface area contributed by atoms with Crippen LogP contribution in [-0.4, -0.2) is 22.2 Å². The Morgan fingerprint density at radius 2 is 1.77 bits per heavy atom. The molecule has 3 aromatic carbocycles. The van der Waals surface area contributed by atoms with Crippen molar-refractivity contribution in [1.82, 2.24) is 4.98 Å². The highest BCUT2D eigenvalue weighted by Crippen LogP contribution is 2.30. The van der Waals surface area contributed by atoms with E-state index in [0.717, 1.165) is 27.6 Å². The highest BCUT2D eigenvalue weighted by Gasteiger charge is 2.10. The molecule has 0 spiro atoms. The number of aromatic carboxylic acids is 1. The first kappa shape index (κ1) is 19.5. The summed E-state index contributed by atoms with van der Waals surface area (Å²) in [5, 5.41) is 13.1. The Labute approximate surface area is 177 Å². The first-order chi connectivity index (χ1) is 14.5. The van der Waals surface area contributed by atoms with Gasteiger partial charge in [0.25, 0.3) is 0 Å². The third-order valence-electron chi connectivity index (χ3n) is 4.54. The van der Waals surface area contributed by atoms with Gasteiger partial charge in [0.2, 0.25) is 0 Å². The number of hydrogen-bond donors (Lipinski definition) is 3. The van der Waals surface area contributed by atoms with Crippen LogP contribution in [0.1, 0.15) is 16.1 Å². The van der Waals surface area contributed by atoms with Crippen molar-refractivity contribution in [2.45, 2.75) is 6.61 Å². The van der Waals surface area contributed by atoms with Gasteiger partial charge in [-0.25, -0.2) is 9.59 Å². The van der Waals surface area contributed by atoms with E-state index in [1.807, 2.05) is 42.5 Å². The molecule has 1 heterocycles. The monoisotopic (exact) mass is 420 g/mol. The predicted molar refractivity (Wildman–Crippen MR) is 116 cm³/mol. The fourth-order valence-corrected chi connectivity index (χ4v) is 3.37. The summed E-state index contributed by atoms with van der Waals surface area (Å²) >= 11 is 6.24. The summed E-state index contributed by atoms with van der Waals surface area (Å²) in [6.07, 6.45) is -0.584. The Hall–Kier alpha value is -3.77. The second-order valence-electron chi connectivity index (χ2n) is 6.71. The lowest BCUT2D eigenvalue weighted by Crippen LogP contribution is -2.13. The molecule has 3 N–H and O–H groups in total. The van der Waals surface area contributed by atoms with E-state index in [-0.39, 0.29) is 12.3 Å². The molecular formula is C23H17ClN2O4. The van der Waals surface area contributed by atoms with E-state index in [4.69, 9.17) is 21.4 Å². The second kappa shape index (κ2) is 8.31. The van der Waals surface area contributed by atoms with E-state index in [9.17, 15) is 9.59 Å². The molecule has 30 heavy (non-hydrogen) atoms. The smallest absolute Gasteiger partial charge is 0.411 e. The summed E-state index contributed by atoms with van der Waals surface area (Å²) in [5.41, 5.74) is 3.84. The largest absolute Gasteiger partial charge is 0.477 e. The lowest BCUT2D eigenvalue weighted by molar-refractivity contribution is 0.0691. The van der Waals surface area contributed by atoms with Crippen LogP contribution in [0.25, 0.3) is 22.0 Å². The van der Waals surface area contributed by atoms with Crippen molar-refractivity contribution < 1.29 is 19.4 Å². The van der Waals surface area contributed by atoms with E-state index in [2.05, 4.69) is 10.3 Å². The van der Waals surface area contributed by atoms with Crippen LogP contribution in [0.15, 0.2) is 72.8 Å². The standard InChI is InChI=1S/C23H17ClN2O4/c24-18-9-16(15-6-7-20-17(8-15)11-21(26-20)22(27)28)10-19(12-18)25-23(29)30-13-14-4-2-1-3-5-14/h1-12,26H,13H2,(H,25,29)(H,27,28). The topological polar surface area (TPSA) is 91.4 Å². The first-order valence-electron chi connectivity index (χ1n) is 9.13. The third kappa shape index (κ3) is 4.45. The van der Waals surface area contributed by atoms with Crippen molar-refractivity contribution in [3.8, 4) is 11.1 Å². The maximum Gasteiger partial charge on any atom is 0.411 e. The number of halogens is 1. The van der Waals surface area contributed by atoms with Gasteiger partial charge in [-0.2, -0.15) is 0 Å². The van der Waals surface area contributed by atoms with Gasteiger partial charge in [0.05, 0.1) is 0 Å². The molecule has 1 amide bonds. The zero-order valence-electron chi connectivity index (χ0n) is 15.7. The molecule has 0 radical (unpaired) electrons. The van der Waals surface area contributed by atoms with E-state index in [0.29, 0.717) is 10.7 Å². The number of aromatic amines is 1. The molecule has 7 heteroatoms. The van der Waals surface area contributed by atoms with Crippen LogP contribution in [-0.2, 0) is 11.3 Å². The minimum Gasteiger partial charge on any atom is -0.477 e. The van der Waals surface area contributed by atoms with Crippen molar-refractivity contribution in [2.75, 3.05) is 5.32 Å². The number of ether oxygens (including phenoxy) is 1. The fraction of sp³-hybridized carbons (Fsp3) is 0.0435. The molecule has 0 aliphatic rings. The number of anilines is 1. The number of amides is 1. The number of carbonyl (C=O) groups excluding carboxylic acids is 1. The number of carboxylic acids is 1. The lowest BCUT2D eigenvalue weighted by atomic mass is 10.0. The van der Waals surface area contributed by atoms with Gasteiger partial charge in [0.1, 0.15) is 12.3 Å². The predicted octanol–water partition coefficient (Wildman–Crippen LogP) is 5.94. The zero-order chi connectivity index (χ0) is 21.1. The minimum atomic E-state index is -1.02. The average Bonchev–Trinajstić information content (AvgIpc) is 3.16. The van der Waals surface area contributed by atoms with E-state index >= 15 is 0 Å². The molecule has 0 aliphatic carbocycles. The van der Waals surface area contributed by atoms with Gasteiger partial charge in [-0.05, 0) is 53.1 Å². The van der Waals surface area contributed by atoms with Crippen LogP contribution in [0.4, 0.5) is 10.5 Å². The van der Waals surface area contributed by atoms with Crippen LogP contribution in [0, 0.1) is 0 Å². The number of hydrogen-bond acceptors (Lipinski definition) is 3. The van der Waals surface area contributed by atoms with Gasteiger partial charge in [-0.3, -0.25) is 5.32 Å². The Bertz CT molecular complexity index is 1230. The van der Waals surface area contributed by atoms with Gasteiger partial charge in [0.15, 0.2) is 0 Å². The van der Waals surface area contributed by atoms with Gasteiger partial charge in [0, 0.05) is 21.6 Å². The summed E-state index contributed by atoms with van der Waals surface area (Å²) < 4.78 is 5.25. The number of H-pyrrole nitrogens is 1. The quantitative estimate of drug-likeness (QED) is 0.373. The number of nitrogens with one attached hydrogen (secondary N) is 2. The maximum atomic E-state index is 12.2. The van der Waals surface area contributed by atoms with Gasteiger partial charge in [-0.1, -0.05) is 48.0 Å². The number of rotatable bonds is 5. The highest BCUT2D eigenvalue weighted by molar-refractivity contribution is 6.31. The summed E-state index contributed by atoms with van der Waals surface area (Å²) in [7, 11) is 0. The molecule has 150 valence electrons. The Morgan fingerprint density at radius 3 is 2.53 bits per heavy atom. The van der Waals surface area contributed by atoms with Crippen molar-refractivity contribution >= 4 is 40.3 Å².